The number of aromatic nitrogens is 1. The van der Waals surface area contributed by atoms with E-state index in [9.17, 15) is 0 Å². The summed E-state index contributed by atoms with van der Waals surface area (Å²) in [4.78, 5) is 6.53. The number of rotatable bonds is 5. The minimum Gasteiger partial charge on any atom is -0.492 e. The molecule has 0 aliphatic carbocycles. The fraction of sp³-hybridized carbons (Fsp3) is 0.417. The van der Waals surface area contributed by atoms with Crippen LogP contribution in [0.4, 0.5) is 0 Å². The fourth-order valence-electron chi connectivity index (χ4n) is 1.48. The van der Waals surface area contributed by atoms with Gasteiger partial charge in [0.15, 0.2) is 0 Å². The van der Waals surface area contributed by atoms with Crippen molar-refractivity contribution in [1.29, 1.82) is 0 Å². The second kappa shape index (κ2) is 5.44. The van der Waals surface area contributed by atoms with Crippen LogP contribution >= 0.6 is 11.3 Å². The fourth-order valence-corrected chi connectivity index (χ4v) is 2.30. The number of thiazole rings is 1. The van der Waals surface area contributed by atoms with Crippen molar-refractivity contribution < 1.29 is 4.74 Å². The van der Waals surface area contributed by atoms with Crippen LogP contribution in [0.1, 0.15) is 5.01 Å². The maximum Gasteiger partial charge on any atom is 0.121 e. The molecule has 1 aromatic carbocycles. The lowest BCUT2D eigenvalue weighted by Crippen LogP contribution is -2.19. The highest BCUT2D eigenvalue weighted by atomic mass is 32.1. The Bertz CT molecular complexity index is 495. The Labute approximate surface area is 105 Å². The number of hydrogen-bond donors (Lipinski definition) is 1. The molecule has 0 radical (unpaired) electrons. The van der Waals surface area contributed by atoms with E-state index in [2.05, 4.69) is 9.88 Å². The Morgan fingerprint density at radius 1 is 1.41 bits per heavy atom. The first-order valence-electron chi connectivity index (χ1n) is 5.56. The summed E-state index contributed by atoms with van der Waals surface area (Å²) in [6, 6.07) is 5.99. The van der Waals surface area contributed by atoms with Gasteiger partial charge in [-0.15, -0.1) is 11.3 Å². The molecular formula is C12H17N3OS. The number of benzene rings is 1. The third kappa shape index (κ3) is 3.15. The topological polar surface area (TPSA) is 51.4 Å². The SMILES string of the molecule is CN(C)CCOc1ccc2sc(CN)nc2c1. The van der Waals surface area contributed by atoms with Crippen LogP contribution in [0.25, 0.3) is 10.2 Å². The van der Waals surface area contributed by atoms with Crippen LogP contribution in [0.15, 0.2) is 18.2 Å². The number of ether oxygens (including phenoxy) is 1. The number of fused-ring (bicyclic) bond motifs is 1. The van der Waals surface area contributed by atoms with Crippen LogP contribution < -0.4 is 10.5 Å². The average Bonchev–Trinajstić information content (AvgIpc) is 2.70. The van der Waals surface area contributed by atoms with Gasteiger partial charge in [0.2, 0.25) is 0 Å². The lowest BCUT2D eigenvalue weighted by Gasteiger charge is -2.10. The number of nitrogens with zero attached hydrogens (tertiary/aromatic N) is 2. The van der Waals surface area contributed by atoms with E-state index in [0.29, 0.717) is 13.2 Å². The molecule has 1 aromatic heterocycles. The summed E-state index contributed by atoms with van der Waals surface area (Å²) < 4.78 is 6.82. The van der Waals surface area contributed by atoms with Gasteiger partial charge >= 0.3 is 0 Å². The summed E-state index contributed by atoms with van der Waals surface area (Å²) in [6.45, 7) is 2.09. The minimum atomic E-state index is 0.496. The van der Waals surface area contributed by atoms with Crippen molar-refractivity contribution in [2.24, 2.45) is 5.73 Å². The molecule has 2 rings (SSSR count). The number of likely N-dealkylation sites (N-methyl/N-ethyl adjacent to an activating group) is 1. The molecule has 0 saturated carbocycles. The van der Waals surface area contributed by atoms with Gasteiger partial charge in [-0.2, -0.15) is 0 Å². The lowest BCUT2D eigenvalue weighted by molar-refractivity contribution is 0.261. The maximum absolute atomic E-state index is 5.66. The first-order chi connectivity index (χ1) is 8.19. The summed E-state index contributed by atoms with van der Waals surface area (Å²) in [6.07, 6.45) is 0. The normalized spacial score (nSPS) is 11.3. The molecule has 4 nitrogen and oxygen atoms in total. The molecule has 1 heterocycles. The first-order valence-corrected chi connectivity index (χ1v) is 6.38. The average molecular weight is 251 g/mol. The Morgan fingerprint density at radius 2 is 2.24 bits per heavy atom. The van der Waals surface area contributed by atoms with Gasteiger partial charge in [0.05, 0.1) is 10.2 Å². The Balaban J connectivity index is 2.08. The molecule has 0 atom stereocenters. The largest absolute Gasteiger partial charge is 0.492 e. The van der Waals surface area contributed by atoms with Gasteiger partial charge in [-0.1, -0.05) is 0 Å². The van der Waals surface area contributed by atoms with Crippen LogP contribution in [-0.2, 0) is 6.54 Å². The highest BCUT2D eigenvalue weighted by molar-refractivity contribution is 7.18. The van der Waals surface area contributed by atoms with E-state index in [-0.39, 0.29) is 0 Å². The van der Waals surface area contributed by atoms with Crippen LogP contribution in [0.2, 0.25) is 0 Å². The van der Waals surface area contributed by atoms with E-state index in [0.717, 1.165) is 27.5 Å². The monoisotopic (exact) mass is 251 g/mol. The molecule has 0 fully saturated rings. The van der Waals surface area contributed by atoms with Gasteiger partial charge in [0, 0.05) is 19.2 Å². The van der Waals surface area contributed by atoms with E-state index in [1.165, 1.54) is 0 Å². The van der Waals surface area contributed by atoms with Crippen molar-refractivity contribution in [1.82, 2.24) is 9.88 Å². The first kappa shape index (κ1) is 12.3. The van der Waals surface area contributed by atoms with E-state index in [1.54, 1.807) is 11.3 Å². The second-order valence-electron chi connectivity index (χ2n) is 4.09. The standard InChI is InChI=1S/C12H17N3OS/c1-15(2)5-6-16-9-3-4-11-10(7-9)14-12(8-13)17-11/h3-4,7H,5-6,8,13H2,1-2H3. The third-order valence-electron chi connectivity index (χ3n) is 2.39. The summed E-state index contributed by atoms with van der Waals surface area (Å²) in [5, 5.41) is 0.963. The van der Waals surface area contributed by atoms with E-state index >= 15 is 0 Å². The van der Waals surface area contributed by atoms with Crippen molar-refractivity contribution in [2.45, 2.75) is 6.54 Å². The Hall–Kier alpha value is -1.17. The predicted molar refractivity (Wildman–Crippen MR) is 71.6 cm³/mol. The predicted octanol–water partition coefficient (Wildman–Crippen LogP) is 1.70. The van der Waals surface area contributed by atoms with Crippen molar-refractivity contribution >= 4 is 21.6 Å². The molecule has 0 spiro atoms. The second-order valence-corrected chi connectivity index (χ2v) is 5.21. The molecule has 5 heteroatoms. The summed E-state index contributed by atoms with van der Waals surface area (Å²) in [7, 11) is 4.06. The van der Waals surface area contributed by atoms with Crippen LogP contribution in [0.5, 0.6) is 5.75 Å². The molecule has 0 unspecified atom stereocenters. The highest BCUT2D eigenvalue weighted by Crippen LogP contribution is 2.25. The molecule has 2 aromatic rings. The molecular weight excluding hydrogens is 234 g/mol. The van der Waals surface area contributed by atoms with E-state index < -0.39 is 0 Å². The van der Waals surface area contributed by atoms with Crippen molar-refractivity contribution in [2.75, 3.05) is 27.2 Å². The summed E-state index contributed by atoms with van der Waals surface area (Å²) in [5.41, 5.74) is 6.55. The maximum atomic E-state index is 5.66. The van der Waals surface area contributed by atoms with Gasteiger partial charge in [0.25, 0.3) is 0 Å². The zero-order chi connectivity index (χ0) is 12.3. The molecule has 17 heavy (non-hydrogen) atoms. The molecule has 0 bridgehead atoms. The summed E-state index contributed by atoms with van der Waals surface area (Å²) in [5.74, 6) is 0.869. The zero-order valence-corrected chi connectivity index (χ0v) is 11.0. The molecule has 2 N–H and O–H groups in total. The van der Waals surface area contributed by atoms with Gasteiger partial charge in [-0.25, -0.2) is 4.98 Å². The molecule has 0 amide bonds. The van der Waals surface area contributed by atoms with Crippen molar-refractivity contribution in [3.63, 3.8) is 0 Å². The van der Waals surface area contributed by atoms with Crippen molar-refractivity contribution in [3.05, 3.63) is 23.2 Å². The molecule has 0 aliphatic rings. The Morgan fingerprint density at radius 3 is 2.94 bits per heavy atom. The summed E-state index contributed by atoms with van der Waals surface area (Å²) >= 11 is 1.63. The Kier molecular flexibility index (Phi) is 3.93. The van der Waals surface area contributed by atoms with Gasteiger partial charge < -0.3 is 15.4 Å². The van der Waals surface area contributed by atoms with Gasteiger partial charge in [-0.05, 0) is 26.2 Å². The number of hydrogen-bond acceptors (Lipinski definition) is 5. The minimum absolute atomic E-state index is 0.496. The molecule has 0 aliphatic heterocycles. The van der Waals surface area contributed by atoms with E-state index in [4.69, 9.17) is 10.5 Å². The van der Waals surface area contributed by atoms with Crippen LogP contribution in [-0.4, -0.2) is 37.1 Å². The van der Waals surface area contributed by atoms with Crippen LogP contribution in [0, 0.1) is 0 Å². The smallest absolute Gasteiger partial charge is 0.121 e. The molecule has 92 valence electrons. The van der Waals surface area contributed by atoms with Crippen LogP contribution in [0.3, 0.4) is 0 Å². The number of nitrogens with two attached hydrogens (primary N) is 1. The third-order valence-corrected chi connectivity index (χ3v) is 3.44. The van der Waals surface area contributed by atoms with E-state index in [1.807, 2.05) is 32.3 Å². The zero-order valence-electron chi connectivity index (χ0n) is 10.1. The lowest BCUT2D eigenvalue weighted by atomic mass is 10.3. The van der Waals surface area contributed by atoms with Crippen molar-refractivity contribution in [3.8, 4) is 5.75 Å². The van der Waals surface area contributed by atoms with Gasteiger partial charge in [-0.3, -0.25) is 0 Å². The highest BCUT2D eigenvalue weighted by Gasteiger charge is 2.04. The molecule has 0 saturated heterocycles. The quantitative estimate of drug-likeness (QED) is 0.878. The van der Waals surface area contributed by atoms with Gasteiger partial charge in [0.1, 0.15) is 17.4 Å².